The van der Waals surface area contributed by atoms with Crippen LogP contribution in [-0.4, -0.2) is 71.2 Å². The molecule has 0 bridgehead atoms. The van der Waals surface area contributed by atoms with Gasteiger partial charge in [0.15, 0.2) is 17.5 Å². The molecule has 0 spiro atoms. The molecule has 0 aliphatic carbocycles. The molecule has 1 heterocycles. The van der Waals surface area contributed by atoms with E-state index in [-0.39, 0.29) is 0 Å². The van der Waals surface area contributed by atoms with E-state index in [1.807, 2.05) is 18.2 Å². The van der Waals surface area contributed by atoms with Crippen molar-refractivity contribution in [3.05, 3.63) is 18.2 Å². The highest BCUT2D eigenvalue weighted by atomic mass is 32.2. The summed E-state index contributed by atoms with van der Waals surface area (Å²) < 4.78 is 21.9. The number of ether oxygens (including phenoxy) is 4. The maximum atomic E-state index is 5.76. The standard InChI is InChI=1S/C19H31N3O4S/c1-23-12-13-24-9-3-7-20-19(21-8-14-27-2)22-16-5-6-17-18(15-16)26-11-4-10-25-17/h5-6,15H,3-4,7-14H2,1-2H3,(H2,20,21,22). The number of aliphatic imine (C=N–C) groups is 1. The Kier molecular flexibility index (Phi) is 10.8. The first-order valence-electron chi connectivity index (χ1n) is 9.34. The van der Waals surface area contributed by atoms with E-state index < -0.39 is 0 Å². The molecule has 152 valence electrons. The smallest absolute Gasteiger partial charge is 0.195 e. The van der Waals surface area contributed by atoms with E-state index in [2.05, 4.69) is 21.9 Å². The highest BCUT2D eigenvalue weighted by molar-refractivity contribution is 7.98. The molecule has 0 saturated heterocycles. The molecular weight excluding hydrogens is 366 g/mol. The summed E-state index contributed by atoms with van der Waals surface area (Å²) >= 11 is 1.80. The van der Waals surface area contributed by atoms with Gasteiger partial charge in [0.2, 0.25) is 0 Å². The molecule has 1 aliphatic rings. The van der Waals surface area contributed by atoms with E-state index >= 15 is 0 Å². The predicted molar refractivity (Wildman–Crippen MR) is 112 cm³/mol. The Morgan fingerprint density at radius 1 is 1.19 bits per heavy atom. The Bertz CT molecular complexity index is 572. The maximum Gasteiger partial charge on any atom is 0.195 e. The van der Waals surface area contributed by atoms with Crippen molar-refractivity contribution in [2.75, 3.05) is 70.6 Å². The minimum absolute atomic E-state index is 0.620. The first-order chi connectivity index (χ1) is 13.3. The molecule has 0 atom stereocenters. The molecule has 7 nitrogen and oxygen atoms in total. The van der Waals surface area contributed by atoms with Crippen LogP contribution in [0.15, 0.2) is 23.2 Å². The average molecular weight is 398 g/mol. The zero-order chi connectivity index (χ0) is 19.2. The highest BCUT2D eigenvalue weighted by Gasteiger charge is 2.11. The molecule has 0 saturated carbocycles. The van der Waals surface area contributed by atoms with Crippen LogP contribution in [0.25, 0.3) is 0 Å². The van der Waals surface area contributed by atoms with E-state index in [0.717, 1.165) is 48.3 Å². The summed E-state index contributed by atoms with van der Waals surface area (Å²) in [6.45, 7) is 4.82. The quantitative estimate of drug-likeness (QED) is 0.338. The summed E-state index contributed by atoms with van der Waals surface area (Å²) in [5.41, 5.74) is 0.922. The van der Waals surface area contributed by atoms with Gasteiger partial charge in [0.05, 0.1) is 26.4 Å². The monoisotopic (exact) mass is 397 g/mol. The molecule has 2 N–H and O–H groups in total. The van der Waals surface area contributed by atoms with Crippen molar-refractivity contribution in [2.45, 2.75) is 12.8 Å². The van der Waals surface area contributed by atoms with Gasteiger partial charge in [0.1, 0.15) is 0 Å². The van der Waals surface area contributed by atoms with Crippen LogP contribution in [0, 0.1) is 0 Å². The zero-order valence-electron chi connectivity index (χ0n) is 16.3. The molecule has 0 unspecified atom stereocenters. The first kappa shape index (κ1) is 21.7. The van der Waals surface area contributed by atoms with Crippen LogP contribution < -0.4 is 20.1 Å². The van der Waals surface area contributed by atoms with Gasteiger partial charge < -0.3 is 29.6 Å². The van der Waals surface area contributed by atoms with E-state index in [0.29, 0.717) is 39.6 Å². The van der Waals surface area contributed by atoms with Crippen molar-refractivity contribution >= 4 is 23.4 Å². The molecule has 0 fully saturated rings. The molecule has 1 aromatic carbocycles. The molecule has 0 amide bonds. The summed E-state index contributed by atoms with van der Waals surface area (Å²) in [5, 5.41) is 6.71. The van der Waals surface area contributed by atoms with Gasteiger partial charge >= 0.3 is 0 Å². The number of rotatable bonds is 11. The number of nitrogens with zero attached hydrogens (tertiary/aromatic N) is 1. The zero-order valence-corrected chi connectivity index (χ0v) is 17.1. The molecule has 27 heavy (non-hydrogen) atoms. The van der Waals surface area contributed by atoms with Crippen molar-refractivity contribution in [3.63, 3.8) is 0 Å². The largest absolute Gasteiger partial charge is 0.490 e. The number of hydrogen-bond donors (Lipinski definition) is 2. The minimum atomic E-state index is 0.620. The third kappa shape index (κ3) is 8.73. The summed E-state index contributed by atoms with van der Waals surface area (Å²) in [6, 6.07) is 5.87. The number of anilines is 1. The van der Waals surface area contributed by atoms with Crippen molar-refractivity contribution in [2.24, 2.45) is 4.99 Å². The summed E-state index contributed by atoms with van der Waals surface area (Å²) in [6.07, 6.45) is 3.85. The van der Waals surface area contributed by atoms with Crippen LogP contribution in [0.4, 0.5) is 5.69 Å². The second kappa shape index (κ2) is 13.5. The molecule has 0 radical (unpaired) electrons. The number of hydrogen-bond acceptors (Lipinski definition) is 6. The molecule has 2 rings (SSSR count). The lowest BCUT2D eigenvalue weighted by atomic mass is 10.3. The second-order valence-corrected chi connectivity index (χ2v) is 6.93. The number of methoxy groups -OCH3 is 1. The summed E-state index contributed by atoms with van der Waals surface area (Å²) in [4.78, 5) is 4.64. The Hall–Kier alpha value is -1.64. The SMILES string of the molecule is COCCOCCCN=C(NCCSC)Nc1ccc2c(c1)OCCCO2. The van der Waals surface area contributed by atoms with Gasteiger partial charge in [0, 0.05) is 50.7 Å². The van der Waals surface area contributed by atoms with Crippen LogP contribution in [0.5, 0.6) is 11.5 Å². The van der Waals surface area contributed by atoms with E-state index in [1.165, 1.54) is 0 Å². The number of thioether (sulfide) groups is 1. The lowest BCUT2D eigenvalue weighted by molar-refractivity contribution is 0.0702. The fraction of sp³-hybridized carbons (Fsp3) is 0.632. The van der Waals surface area contributed by atoms with Gasteiger partial charge in [-0.3, -0.25) is 4.99 Å². The lowest BCUT2D eigenvalue weighted by Gasteiger charge is -2.14. The lowest BCUT2D eigenvalue weighted by Crippen LogP contribution is -2.32. The predicted octanol–water partition coefficient (Wildman–Crippen LogP) is 2.62. The normalized spacial score (nSPS) is 13.9. The molecular formula is C19H31N3O4S. The Morgan fingerprint density at radius 3 is 2.85 bits per heavy atom. The summed E-state index contributed by atoms with van der Waals surface area (Å²) in [5.74, 6) is 3.34. The van der Waals surface area contributed by atoms with Gasteiger partial charge in [-0.05, 0) is 24.8 Å². The van der Waals surface area contributed by atoms with Crippen molar-refractivity contribution in [1.82, 2.24) is 5.32 Å². The van der Waals surface area contributed by atoms with Gasteiger partial charge in [-0.25, -0.2) is 0 Å². The third-order valence-corrected chi connectivity index (χ3v) is 4.37. The summed E-state index contributed by atoms with van der Waals surface area (Å²) in [7, 11) is 1.67. The minimum Gasteiger partial charge on any atom is -0.490 e. The Balaban J connectivity index is 1.88. The van der Waals surface area contributed by atoms with Crippen LogP contribution >= 0.6 is 11.8 Å². The highest BCUT2D eigenvalue weighted by Crippen LogP contribution is 2.32. The van der Waals surface area contributed by atoms with Crippen LogP contribution in [0.2, 0.25) is 0 Å². The maximum absolute atomic E-state index is 5.76. The average Bonchev–Trinajstić information content (AvgIpc) is 2.92. The van der Waals surface area contributed by atoms with E-state index in [4.69, 9.17) is 18.9 Å². The number of guanidine groups is 1. The van der Waals surface area contributed by atoms with Crippen LogP contribution in [-0.2, 0) is 9.47 Å². The fourth-order valence-electron chi connectivity index (χ4n) is 2.39. The van der Waals surface area contributed by atoms with E-state index in [9.17, 15) is 0 Å². The molecule has 0 aromatic heterocycles. The number of fused-ring (bicyclic) bond motifs is 1. The van der Waals surface area contributed by atoms with Crippen LogP contribution in [0.3, 0.4) is 0 Å². The Labute approximate surface area is 166 Å². The molecule has 1 aromatic rings. The Morgan fingerprint density at radius 2 is 2.04 bits per heavy atom. The molecule has 1 aliphatic heterocycles. The fourth-order valence-corrected chi connectivity index (χ4v) is 2.70. The van der Waals surface area contributed by atoms with Crippen LogP contribution in [0.1, 0.15) is 12.8 Å². The topological polar surface area (TPSA) is 73.3 Å². The molecule has 8 heteroatoms. The van der Waals surface area contributed by atoms with Gasteiger partial charge in [-0.2, -0.15) is 11.8 Å². The van der Waals surface area contributed by atoms with Crippen molar-refractivity contribution in [1.29, 1.82) is 0 Å². The van der Waals surface area contributed by atoms with Crippen molar-refractivity contribution < 1.29 is 18.9 Å². The first-order valence-corrected chi connectivity index (χ1v) is 10.7. The number of nitrogens with one attached hydrogen (secondary N) is 2. The third-order valence-electron chi connectivity index (χ3n) is 3.76. The van der Waals surface area contributed by atoms with E-state index in [1.54, 1.807) is 18.9 Å². The van der Waals surface area contributed by atoms with Crippen molar-refractivity contribution in [3.8, 4) is 11.5 Å². The van der Waals surface area contributed by atoms with Gasteiger partial charge in [-0.1, -0.05) is 0 Å². The van der Waals surface area contributed by atoms with Gasteiger partial charge in [0.25, 0.3) is 0 Å². The number of benzene rings is 1. The van der Waals surface area contributed by atoms with Gasteiger partial charge in [-0.15, -0.1) is 0 Å². The second-order valence-electron chi connectivity index (χ2n) is 5.95.